The monoisotopic (exact) mass is 234 g/mol. The van der Waals surface area contributed by atoms with E-state index in [-0.39, 0.29) is 0 Å². The van der Waals surface area contributed by atoms with E-state index in [1.54, 1.807) is 0 Å². The number of nitrogens with zero attached hydrogens (tertiary/aromatic N) is 4. The molecule has 0 aliphatic rings. The normalized spacial score (nSPS) is 9.53. The van der Waals surface area contributed by atoms with Gasteiger partial charge in [0.25, 0.3) is 5.69 Å². The van der Waals surface area contributed by atoms with Crippen molar-refractivity contribution in [1.29, 1.82) is 0 Å². The first kappa shape index (κ1) is 11.2. The molecule has 9 heteroatoms. The van der Waals surface area contributed by atoms with Crippen molar-refractivity contribution in [3.8, 4) is 0 Å². The first-order valence-corrected chi connectivity index (χ1v) is 3.73. The molecule has 0 amide bonds. The van der Waals surface area contributed by atoms with Crippen LogP contribution >= 0.6 is 11.6 Å². The van der Waals surface area contributed by atoms with E-state index < -0.39 is 33.0 Å². The molecule has 0 aromatic heterocycles. The SMILES string of the molecule is [N-]=[N+]=Nc1c([N+](=O)[O-])cc(F)c(Cl)c1F. The minimum Gasteiger partial charge on any atom is -0.258 e. The third kappa shape index (κ3) is 1.95. The molecular formula is C6HClF2N4O2. The molecule has 1 rings (SSSR count). The average Bonchev–Trinajstić information content (AvgIpc) is 2.18. The van der Waals surface area contributed by atoms with Crippen molar-refractivity contribution in [3.05, 3.63) is 43.3 Å². The van der Waals surface area contributed by atoms with Gasteiger partial charge in [-0.05, 0) is 5.53 Å². The third-order valence-corrected chi connectivity index (χ3v) is 1.80. The third-order valence-electron chi connectivity index (χ3n) is 1.46. The van der Waals surface area contributed by atoms with E-state index >= 15 is 0 Å². The quantitative estimate of drug-likeness (QED) is 0.196. The Balaban J connectivity index is 3.64. The van der Waals surface area contributed by atoms with Gasteiger partial charge in [-0.2, -0.15) is 0 Å². The molecule has 0 atom stereocenters. The lowest BCUT2D eigenvalue weighted by molar-refractivity contribution is -0.384. The van der Waals surface area contributed by atoms with Gasteiger partial charge < -0.3 is 0 Å². The molecule has 78 valence electrons. The molecule has 1 aromatic rings. The second-order valence-electron chi connectivity index (χ2n) is 2.30. The summed E-state index contributed by atoms with van der Waals surface area (Å²) in [5, 5.41) is 12.1. The Labute approximate surface area is 85.9 Å². The number of nitro benzene ring substituents is 1. The predicted octanol–water partition coefficient (Wildman–Crippen LogP) is 3.47. The first-order valence-electron chi connectivity index (χ1n) is 3.36. The van der Waals surface area contributed by atoms with Gasteiger partial charge in [0.15, 0.2) is 17.3 Å². The highest BCUT2D eigenvalue weighted by Gasteiger charge is 2.23. The van der Waals surface area contributed by atoms with Crippen LogP contribution in [-0.4, -0.2) is 4.92 Å². The lowest BCUT2D eigenvalue weighted by atomic mass is 10.2. The molecular weight excluding hydrogens is 234 g/mol. The largest absolute Gasteiger partial charge is 0.285 e. The maximum atomic E-state index is 13.1. The maximum absolute atomic E-state index is 13.1. The van der Waals surface area contributed by atoms with E-state index in [4.69, 9.17) is 17.1 Å². The summed E-state index contributed by atoms with van der Waals surface area (Å²) < 4.78 is 25.9. The molecule has 0 aliphatic heterocycles. The minimum absolute atomic E-state index is 0.384. The van der Waals surface area contributed by atoms with Gasteiger partial charge in [0.05, 0.1) is 11.0 Å². The highest BCUT2D eigenvalue weighted by atomic mass is 35.5. The molecule has 0 saturated carbocycles. The zero-order valence-corrected chi connectivity index (χ0v) is 7.57. The first-order chi connectivity index (χ1) is 6.99. The minimum atomic E-state index is -1.46. The van der Waals surface area contributed by atoms with Gasteiger partial charge in [-0.3, -0.25) is 10.1 Å². The summed E-state index contributed by atoms with van der Waals surface area (Å²) in [7, 11) is 0. The second kappa shape index (κ2) is 4.07. The van der Waals surface area contributed by atoms with Gasteiger partial charge in [0.2, 0.25) is 0 Å². The van der Waals surface area contributed by atoms with Crippen molar-refractivity contribution in [2.45, 2.75) is 0 Å². The maximum Gasteiger partial charge on any atom is 0.285 e. The van der Waals surface area contributed by atoms with Crippen LogP contribution in [0.15, 0.2) is 11.2 Å². The van der Waals surface area contributed by atoms with Crippen LogP contribution in [0.25, 0.3) is 10.4 Å². The van der Waals surface area contributed by atoms with E-state index in [0.29, 0.717) is 6.07 Å². The molecule has 0 unspecified atom stereocenters. The smallest absolute Gasteiger partial charge is 0.258 e. The Morgan fingerprint density at radius 1 is 1.60 bits per heavy atom. The fourth-order valence-corrected chi connectivity index (χ4v) is 0.996. The van der Waals surface area contributed by atoms with E-state index in [9.17, 15) is 18.9 Å². The van der Waals surface area contributed by atoms with Gasteiger partial charge in [-0.1, -0.05) is 16.7 Å². The molecule has 0 fully saturated rings. The van der Waals surface area contributed by atoms with Crippen LogP contribution < -0.4 is 0 Å². The molecule has 0 radical (unpaired) electrons. The predicted molar refractivity (Wildman–Crippen MR) is 46.8 cm³/mol. The molecule has 0 aliphatic carbocycles. The number of nitro groups is 1. The molecule has 0 heterocycles. The highest BCUT2D eigenvalue weighted by molar-refractivity contribution is 6.31. The van der Waals surface area contributed by atoms with Gasteiger partial charge in [-0.15, -0.1) is 0 Å². The van der Waals surface area contributed by atoms with Gasteiger partial charge in [-0.25, -0.2) is 8.78 Å². The molecule has 1 aromatic carbocycles. The molecule has 0 bridgehead atoms. The molecule has 0 saturated heterocycles. The van der Waals surface area contributed by atoms with Crippen LogP contribution in [0.3, 0.4) is 0 Å². The summed E-state index contributed by atoms with van der Waals surface area (Å²) >= 11 is 5.14. The van der Waals surface area contributed by atoms with Crippen molar-refractivity contribution < 1.29 is 13.7 Å². The lowest BCUT2D eigenvalue weighted by Gasteiger charge is -2.01. The number of halogens is 3. The van der Waals surface area contributed by atoms with Crippen LogP contribution in [0, 0.1) is 21.7 Å². The van der Waals surface area contributed by atoms with Crippen LogP contribution in [0.4, 0.5) is 20.2 Å². The molecule has 6 nitrogen and oxygen atoms in total. The summed E-state index contributed by atoms with van der Waals surface area (Å²) in [5.41, 5.74) is 6.13. The summed E-state index contributed by atoms with van der Waals surface area (Å²) in [6.07, 6.45) is 0. The van der Waals surface area contributed by atoms with Crippen LogP contribution in [-0.2, 0) is 0 Å². The Morgan fingerprint density at radius 2 is 2.20 bits per heavy atom. The lowest BCUT2D eigenvalue weighted by Crippen LogP contribution is -1.94. The van der Waals surface area contributed by atoms with Gasteiger partial charge in [0, 0.05) is 4.91 Å². The fourth-order valence-electron chi connectivity index (χ4n) is 0.852. The Morgan fingerprint density at radius 3 is 2.67 bits per heavy atom. The van der Waals surface area contributed by atoms with Crippen molar-refractivity contribution in [1.82, 2.24) is 0 Å². The average molecular weight is 235 g/mol. The zero-order chi connectivity index (χ0) is 11.6. The number of benzene rings is 1. The summed E-state index contributed by atoms with van der Waals surface area (Å²) in [6, 6.07) is 0.384. The van der Waals surface area contributed by atoms with E-state index in [1.807, 2.05) is 0 Å². The fraction of sp³-hybridized carbons (Fsp3) is 0. The Hall–Kier alpha value is -1.92. The standard InChI is InChI=1S/C6HClF2N4O2/c7-4-2(8)1-3(13(14)15)6(5(4)9)11-12-10/h1H. The highest BCUT2D eigenvalue weighted by Crippen LogP contribution is 2.36. The van der Waals surface area contributed by atoms with Crippen LogP contribution in [0.2, 0.25) is 5.02 Å². The molecule has 15 heavy (non-hydrogen) atoms. The number of rotatable bonds is 2. The van der Waals surface area contributed by atoms with Crippen molar-refractivity contribution in [2.75, 3.05) is 0 Å². The number of azide groups is 1. The van der Waals surface area contributed by atoms with E-state index in [0.717, 1.165) is 0 Å². The second-order valence-corrected chi connectivity index (χ2v) is 2.68. The van der Waals surface area contributed by atoms with E-state index in [2.05, 4.69) is 10.0 Å². The number of hydrogen-bond donors (Lipinski definition) is 0. The van der Waals surface area contributed by atoms with Gasteiger partial charge in [0.1, 0.15) is 5.02 Å². The summed E-state index contributed by atoms with van der Waals surface area (Å²) in [5.74, 6) is -2.75. The summed E-state index contributed by atoms with van der Waals surface area (Å²) in [4.78, 5) is 11.5. The molecule has 0 N–H and O–H groups in total. The van der Waals surface area contributed by atoms with Crippen LogP contribution in [0.1, 0.15) is 0 Å². The van der Waals surface area contributed by atoms with Gasteiger partial charge >= 0.3 is 0 Å². The summed E-state index contributed by atoms with van der Waals surface area (Å²) in [6.45, 7) is 0. The Kier molecular flexibility index (Phi) is 3.03. The van der Waals surface area contributed by atoms with Crippen molar-refractivity contribution >= 4 is 23.0 Å². The topological polar surface area (TPSA) is 91.9 Å². The molecule has 0 spiro atoms. The van der Waals surface area contributed by atoms with Crippen LogP contribution in [0.5, 0.6) is 0 Å². The Bertz CT molecular complexity index is 487. The van der Waals surface area contributed by atoms with Crippen molar-refractivity contribution in [3.63, 3.8) is 0 Å². The van der Waals surface area contributed by atoms with Crippen molar-refractivity contribution in [2.24, 2.45) is 5.11 Å². The number of hydrogen-bond acceptors (Lipinski definition) is 3. The zero-order valence-electron chi connectivity index (χ0n) is 6.82. The van der Waals surface area contributed by atoms with E-state index in [1.165, 1.54) is 0 Å².